The van der Waals surface area contributed by atoms with E-state index in [4.69, 9.17) is 9.84 Å². The molecule has 0 bridgehead atoms. The summed E-state index contributed by atoms with van der Waals surface area (Å²) in [5.41, 5.74) is 0.207. The number of ether oxygens (including phenoxy) is 1. The molecule has 21 heavy (non-hydrogen) atoms. The summed E-state index contributed by atoms with van der Waals surface area (Å²) >= 11 is 1.22. The van der Waals surface area contributed by atoms with Gasteiger partial charge in [-0.25, -0.2) is 14.6 Å². The van der Waals surface area contributed by atoms with Crippen molar-refractivity contribution in [2.75, 3.05) is 20.3 Å². The van der Waals surface area contributed by atoms with Crippen LogP contribution in [0.25, 0.3) is 0 Å². The monoisotopic (exact) mass is 313 g/mol. The second-order valence-electron chi connectivity index (χ2n) is 5.21. The average molecular weight is 313 g/mol. The fourth-order valence-corrected chi connectivity index (χ4v) is 2.69. The first-order valence-corrected chi connectivity index (χ1v) is 7.61. The number of carbonyl (C=O) groups is 2. The summed E-state index contributed by atoms with van der Waals surface area (Å²) in [6, 6.07) is -0.259. The van der Waals surface area contributed by atoms with Crippen molar-refractivity contribution in [3.05, 3.63) is 16.1 Å². The van der Waals surface area contributed by atoms with Crippen LogP contribution in [0.3, 0.4) is 0 Å². The van der Waals surface area contributed by atoms with Crippen molar-refractivity contribution >= 4 is 23.3 Å². The molecule has 0 unspecified atom stereocenters. The van der Waals surface area contributed by atoms with Crippen LogP contribution in [0.5, 0.6) is 0 Å². The van der Waals surface area contributed by atoms with Gasteiger partial charge in [0.2, 0.25) is 0 Å². The Morgan fingerprint density at radius 3 is 2.81 bits per heavy atom. The van der Waals surface area contributed by atoms with E-state index in [1.807, 2.05) is 0 Å². The quantitative estimate of drug-likeness (QED) is 0.674. The number of nitrogens with one attached hydrogen (secondary N) is 2. The van der Waals surface area contributed by atoms with E-state index >= 15 is 0 Å². The van der Waals surface area contributed by atoms with E-state index in [1.54, 1.807) is 7.11 Å². The minimum Gasteiger partial charge on any atom is -0.476 e. The lowest BCUT2D eigenvalue weighted by atomic mass is 10.0. The molecular formula is C13H19N3O4S. The molecule has 1 aromatic rings. The zero-order valence-corrected chi connectivity index (χ0v) is 12.7. The Hall–Kier alpha value is -1.67. The molecule has 3 N–H and O–H groups in total. The third kappa shape index (κ3) is 4.68. The summed E-state index contributed by atoms with van der Waals surface area (Å²) in [7, 11) is 1.68. The summed E-state index contributed by atoms with van der Waals surface area (Å²) < 4.78 is 5.07. The van der Waals surface area contributed by atoms with E-state index in [9.17, 15) is 9.59 Å². The Morgan fingerprint density at radius 1 is 1.48 bits per heavy atom. The minimum absolute atomic E-state index is 0.00806. The van der Waals surface area contributed by atoms with E-state index in [-0.39, 0.29) is 23.7 Å². The molecule has 116 valence electrons. The number of carboxylic acid groups (broad SMARTS) is 1. The number of urea groups is 1. The molecule has 0 aromatic carbocycles. The minimum atomic E-state index is -1.06. The maximum absolute atomic E-state index is 11.7. The third-order valence-corrected chi connectivity index (χ3v) is 4.44. The van der Waals surface area contributed by atoms with Crippen LogP contribution < -0.4 is 10.6 Å². The van der Waals surface area contributed by atoms with E-state index < -0.39 is 5.97 Å². The van der Waals surface area contributed by atoms with Gasteiger partial charge in [0.1, 0.15) is 5.01 Å². The number of hydrogen-bond acceptors (Lipinski definition) is 5. The van der Waals surface area contributed by atoms with Crippen molar-refractivity contribution in [2.45, 2.75) is 25.8 Å². The fourth-order valence-electron chi connectivity index (χ4n) is 1.99. The molecule has 1 aliphatic rings. The molecule has 0 radical (unpaired) electrons. The largest absolute Gasteiger partial charge is 0.476 e. The van der Waals surface area contributed by atoms with Crippen molar-refractivity contribution in [1.82, 2.24) is 15.6 Å². The van der Waals surface area contributed by atoms with Gasteiger partial charge in [0, 0.05) is 25.6 Å². The second kappa shape index (κ2) is 6.86. The number of carbonyl (C=O) groups excluding carboxylic acids is 1. The van der Waals surface area contributed by atoms with Gasteiger partial charge in [-0.05, 0) is 24.7 Å². The lowest BCUT2D eigenvalue weighted by molar-refractivity contribution is 0.0691. The molecule has 0 saturated heterocycles. The lowest BCUT2D eigenvalue weighted by Crippen LogP contribution is -2.38. The Bertz CT molecular complexity index is 513. The van der Waals surface area contributed by atoms with Crippen LogP contribution in [0.1, 0.15) is 34.8 Å². The molecule has 2 amide bonds. The average Bonchev–Trinajstić information content (AvgIpc) is 3.07. The standard InChI is InChI=1S/C13H19N3O4S/c1-20-5-4-13(2-3-13)8-15-12(19)14-6-10-16-9(7-21-10)11(17)18/h7H,2-6,8H2,1H3,(H,17,18)(H2,14,15,19). The molecular weight excluding hydrogens is 294 g/mol. The zero-order chi connectivity index (χ0) is 15.3. The molecule has 1 fully saturated rings. The summed E-state index contributed by atoms with van der Waals surface area (Å²) in [5.74, 6) is -1.06. The summed E-state index contributed by atoms with van der Waals surface area (Å²) in [4.78, 5) is 26.3. The van der Waals surface area contributed by atoms with Gasteiger partial charge in [-0.15, -0.1) is 11.3 Å². The van der Waals surface area contributed by atoms with E-state index in [1.165, 1.54) is 16.7 Å². The second-order valence-corrected chi connectivity index (χ2v) is 6.15. The Kier molecular flexibility index (Phi) is 5.13. The molecule has 1 aromatic heterocycles. The fraction of sp³-hybridized carbons (Fsp3) is 0.615. The highest BCUT2D eigenvalue weighted by molar-refractivity contribution is 7.09. The number of hydrogen-bond donors (Lipinski definition) is 3. The SMILES string of the molecule is COCCC1(CNC(=O)NCc2nc(C(=O)O)cs2)CC1. The first-order chi connectivity index (χ1) is 10.0. The van der Waals surface area contributed by atoms with Crippen LogP contribution in [0.15, 0.2) is 5.38 Å². The van der Waals surface area contributed by atoms with E-state index in [2.05, 4.69) is 15.6 Å². The van der Waals surface area contributed by atoms with Gasteiger partial charge >= 0.3 is 12.0 Å². The van der Waals surface area contributed by atoms with Gasteiger partial charge in [-0.2, -0.15) is 0 Å². The Balaban J connectivity index is 1.69. The van der Waals surface area contributed by atoms with Crippen LogP contribution in [0, 0.1) is 5.41 Å². The third-order valence-electron chi connectivity index (χ3n) is 3.59. The normalized spacial score (nSPS) is 15.5. The van der Waals surface area contributed by atoms with Gasteiger partial charge in [0.15, 0.2) is 5.69 Å². The lowest BCUT2D eigenvalue weighted by Gasteiger charge is -2.15. The topological polar surface area (TPSA) is 101 Å². The van der Waals surface area contributed by atoms with E-state index in [0.29, 0.717) is 18.2 Å². The van der Waals surface area contributed by atoms with Crippen molar-refractivity contribution in [1.29, 1.82) is 0 Å². The molecule has 7 nitrogen and oxygen atoms in total. The van der Waals surface area contributed by atoms with E-state index in [0.717, 1.165) is 19.3 Å². The number of methoxy groups -OCH3 is 1. The number of nitrogens with zero attached hydrogens (tertiary/aromatic N) is 1. The smallest absolute Gasteiger partial charge is 0.355 e. The summed E-state index contributed by atoms with van der Waals surface area (Å²) in [6.07, 6.45) is 3.19. The number of aromatic carboxylic acids is 1. The zero-order valence-electron chi connectivity index (χ0n) is 11.8. The first kappa shape index (κ1) is 15.7. The number of amides is 2. The highest BCUT2D eigenvalue weighted by atomic mass is 32.1. The first-order valence-electron chi connectivity index (χ1n) is 6.73. The van der Waals surface area contributed by atoms with Gasteiger partial charge in [-0.3, -0.25) is 0 Å². The molecule has 0 atom stereocenters. The molecule has 0 aliphatic heterocycles. The molecule has 1 aliphatic carbocycles. The number of carboxylic acids is 1. The highest BCUT2D eigenvalue weighted by Crippen LogP contribution is 2.48. The molecule has 0 spiro atoms. The van der Waals surface area contributed by atoms with Crippen molar-refractivity contribution in [3.63, 3.8) is 0 Å². The number of aromatic nitrogens is 1. The van der Waals surface area contributed by atoms with Crippen molar-refractivity contribution in [2.24, 2.45) is 5.41 Å². The Morgan fingerprint density at radius 2 is 2.24 bits per heavy atom. The van der Waals surface area contributed by atoms with Crippen LogP contribution in [-0.4, -0.2) is 42.4 Å². The predicted octanol–water partition coefficient (Wildman–Crippen LogP) is 1.46. The highest BCUT2D eigenvalue weighted by Gasteiger charge is 2.42. The molecule has 8 heteroatoms. The summed E-state index contributed by atoms with van der Waals surface area (Å²) in [5, 5.41) is 16.3. The molecule has 1 heterocycles. The van der Waals surface area contributed by atoms with Crippen LogP contribution in [0.4, 0.5) is 4.79 Å². The van der Waals surface area contributed by atoms with Crippen LogP contribution in [-0.2, 0) is 11.3 Å². The maximum atomic E-state index is 11.7. The number of thiazole rings is 1. The summed E-state index contributed by atoms with van der Waals surface area (Å²) in [6.45, 7) is 1.58. The Labute approximate surface area is 126 Å². The van der Waals surface area contributed by atoms with Gasteiger partial charge in [-0.1, -0.05) is 0 Å². The maximum Gasteiger partial charge on any atom is 0.355 e. The van der Waals surface area contributed by atoms with Gasteiger partial charge in [0.05, 0.1) is 6.54 Å². The van der Waals surface area contributed by atoms with Gasteiger partial charge in [0.25, 0.3) is 0 Å². The van der Waals surface area contributed by atoms with Crippen molar-refractivity contribution in [3.8, 4) is 0 Å². The molecule has 1 saturated carbocycles. The van der Waals surface area contributed by atoms with Gasteiger partial charge < -0.3 is 20.5 Å². The van der Waals surface area contributed by atoms with Crippen LogP contribution in [0.2, 0.25) is 0 Å². The van der Waals surface area contributed by atoms with Crippen LogP contribution >= 0.6 is 11.3 Å². The molecule has 2 rings (SSSR count). The number of rotatable bonds is 8. The van der Waals surface area contributed by atoms with Crippen molar-refractivity contribution < 1.29 is 19.4 Å². The predicted molar refractivity (Wildman–Crippen MR) is 77.5 cm³/mol.